The molecule has 0 atom stereocenters. The lowest BCUT2D eigenvalue weighted by Gasteiger charge is -2.05. The second-order valence-corrected chi connectivity index (χ2v) is 2.73. The zero-order chi connectivity index (χ0) is 9.10. The van der Waals surface area contributed by atoms with Crippen LogP contribution >= 0.6 is 0 Å². The normalized spacial score (nSPS) is 10.2. The van der Waals surface area contributed by atoms with Crippen molar-refractivity contribution in [3.63, 3.8) is 0 Å². The minimum Gasteiger partial charge on any atom is -0.319 e. The number of rotatable bonds is 3. The van der Waals surface area contributed by atoms with Crippen molar-refractivity contribution in [1.29, 1.82) is 0 Å². The highest BCUT2D eigenvalue weighted by atomic mass is 15.4. The first kappa shape index (κ1) is 7.85. The molecule has 13 heavy (non-hydrogen) atoms. The Hall–Kier alpha value is -1.78. The van der Waals surface area contributed by atoms with Crippen molar-refractivity contribution in [2.75, 3.05) is 5.43 Å². The van der Waals surface area contributed by atoms with Gasteiger partial charge in [-0.25, -0.2) is 4.98 Å². The highest BCUT2D eigenvalue weighted by Gasteiger charge is 1.97. The molecule has 2 aromatic heterocycles. The Bertz CT molecular complexity index is 362. The number of aromatic nitrogens is 4. The fourth-order valence-corrected chi connectivity index (χ4v) is 1.08. The van der Waals surface area contributed by atoms with Crippen molar-refractivity contribution in [1.82, 2.24) is 19.4 Å². The van der Waals surface area contributed by atoms with Gasteiger partial charge in [-0.15, -0.1) is 0 Å². The topological polar surface area (TPSA) is 47.7 Å². The molecule has 2 rings (SSSR count). The van der Waals surface area contributed by atoms with E-state index in [4.69, 9.17) is 0 Å². The number of aryl methyl sites for hydroxylation is 1. The van der Waals surface area contributed by atoms with Gasteiger partial charge in [0.2, 0.25) is 0 Å². The molecule has 0 aliphatic heterocycles. The Morgan fingerprint density at radius 1 is 1.38 bits per heavy atom. The average Bonchev–Trinajstić information content (AvgIpc) is 2.72. The van der Waals surface area contributed by atoms with E-state index in [2.05, 4.69) is 15.5 Å². The minimum atomic E-state index is 0.672. The molecule has 0 radical (unpaired) electrons. The standard InChI is InChI=1S/C8H11N5/c1-12-8(9-7-11-12)6-10-13-4-2-3-5-13/h2-5,7,10H,6H2,1H3. The zero-order valence-electron chi connectivity index (χ0n) is 7.38. The Morgan fingerprint density at radius 2 is 2.15 bits per heavy atom. The maximum absolute atomic E-state index is 4.09. The van der Waals surface area contributed by atoms with Crippen molar-refractivity contribution in [3.05, 3.63) is 36.7 Å². The van der Waals surface area contributed by atoms with Crippen molar-refractivity contribution < 1.29 is 0 Å². The van der Waals surface area contributed by atoms with Crippen molar-refractivity contribution >= 4 is 0 Å². The van der Waals surface area contributed by atoms with Gasteiger partial charge in [-0.05, 0) is 12.1 Å². The van der Waals surface area contributed by atoms with E-state index in [1.165, 1.54) is 0 Å². The van der Waals surface area contributed by atoms with Crippen LogP contribution in [0.15, 0.2) is 30.9 Å². The maximum Gasteiger partial charge on any atom is 0.147 e. The van der Waals surface area contributed by atoms with Gasteiger partial charge in [-0.1, -0.05) is 0 Å². The second kappa shape index (κ2) is 3.30. The summed E-state index contributed by atoms with van der Waals surface area (Å²) >= 11 is 0. The van der Waals surface area contributed by atoms with Crippen molar-refractivity contribution in [2.45, 2.75) is 6.54 Å². The van der Waals surface area contributed by atoms with Crippen molar-refractivity contribution in [2.24, 2.45) is 7.05 Å². The molecule has 5 heteroatoms. The second-order valence-electron chi connectivity index (χ2n) is 2.73. The smallest absolute Gasteiger partial charge is 0.147 e. The molecule has 0 saturated heterocycles. The van der Waals surface area contributed by atoms with E-state index in [1.807, 2.05) is 36.3 Å². The number of hydrogen-bond donors (Lipinski definition) is 1. The Kier molecular flexibility index (Phi) is 1.99. The predicted octanol–water partition coefficient (Wildman–Crippen LogP) is 0.360. The van der Waals surface area contributed by atoms with Gasteiger partial charge in [0.05, 0.1) is 6.54 Å². The Morgan fingerprint density at radius 3 is 2.77 bits per heavy atom. The van der Waals surface area contributed by atoms with Crippen LogP contribution in [0.25, 0.3) is 0 Å². The van der Waals surface area contributed by atoms with Crippen LogP contribution in [0.1, 0.15) is 5.82 Å². The summed E-state index contributed by atoms with van der Waals surface area (Å²) in [6.45, 7) is 0.672. The summed E-state index contributed by atoms with van der Waals surface area (Å²) in [5.41, 5.74) is 3.16. The number of hydrogen-bond acceptors (Lipinski definition) is 3. The lowest BCUT2D eigenvalue weighted by Crippen LogP contribution is -2.15. The van der Waals surface area contributed by atoms with Gasteiger partial charge in [0.1, 0.15) is 12.2 Å². The highest BCUT2D eigenvalue weighted by Crippen LogP contribution is 1.92. The third kappa shape index (κ3) is 1.69. The summed E-state index contributed by atoms with van der Waals surface area (Å²) in [6.07, 6.45) is 5.43. The molecule has 0 fully saturated rings. The lowest BCUT2D eigenvalue weighted by atomic mass is 10.6. The molecule has 0 spiro atoms. The molecule has 0 aliphatic rings. The molecule has 1 N–H and O–H groups in total. The first-order chi connectivity index (χ1) is 6.36. The largest absolute Gasteiger partial charge is 0.319 e. The maximum atomic E-state index is 4.09. The molecule has 0 saturated carbocycles. The van der Waals surface area contributed by atoms with Gasteiger partial charge in [-0.2, -0.15) is 5.10 Å². The van der Waals surface area contributed by atoms with Crippen LogP contribution < -0.4 is 5.43 Å². The Labute approximate surface area is 76.0 Å². The third-order valence-electron chi connectivity index (χ3n) is 1.83. The van der Waals surface area contributed by atoms with Crippen LogP contribution in [0.4, 0.5) is 0 Å². The SMILES string of the molecule is Cn1ncnc1CNn1cccc1. The van der Waals surface area contributed by atoms with E-state index in [-0.39, 0.29) is 0 Å². The number of nitrogens with zero attached hydrogens (tertiary/aromatic N) is 4. The summed E-state index contributed by atoms with van der Waals surface area (Å²) in [5.74, 6) is 0.911. The molecule has 2 aromatic rings. The van der Waals surface area contributed by atoms with E-state index in [0.29, 0.717) is 6.54 Å². The zero-order valence-corrected chi connectivity index (χ0v) is 7.38. The van der Waals surface area contributed by atoms with Crippen LogP contribution in [0.2, 0.25) is 0 Å². The van der Waals surface area contributed by atoms with Gasteiger partial charge in [0.15, 0.2) is 0 Å². The van der Waals surface area contributed by atoms with Gasteiger partial charge >= 0.3 is 0 Å². The van der Waals surface area contributed by atoms with E-state index in [9.17, 15) is 0 Å². The number of nitrogens with one attached hydrogen (secondary N) is 1. The molecule has 0 bridgehead atoms. The first-order valence-electron chi connectivity index (χ1n) is 4.06. The first-order valence-corrected chi connectivity index (χ1v) is 4.06. The van der Waals surface area contributed by atoms with E-state index < -0.39 is 0 Å². The lowest BCUT2D eigenvalue weighted by molar-refractivity contribution is 0.688. The summed E-state index contributed by atoms with van der Waals surface area (Å²) in [6, 6.07) is 3.92. The van der Waals surface area contributed by atoms with Gasteiger partial charge in [-0.3, -0.25) is 9.36 Å². The average molecular weight is 177 g/mol. The third-order valence-corrected chi connectivity index (χ3v) is 1.83. The summed E-state index contributed by atoms with van der Waals surface area (Å²) in [5, 5.41) is 3.97. The molecule has 0 unspecified atom stereocenters. The van der Waals surface area contributed by atoms with Crippen LogP contribution in [0, 0.1) is 0 Å². The molecule has 5 nitrogen and oxygen atoms in total. The van der Waals surface area contributed by atoms with Crippen molar-refractivity contribution in [3.8, 4) is 0 Å². The van der Waals surface area contributed by atoms with Crippen LogP contribution in [-0.2, 0) is 13.6 Å². The Balaban J connectivity index is 1.97. The monoisotopic (exact) mass is 177 g/mol. The quantitative estimate of drug-likeness (QED) is 0.736. The molecule has 0 aliphatic carbocycles. The van der Waals surface area contributed by atoms with E-state index >= 15 is 0 Å². The summed E-state index contributed by atoms with van der Waals surface area (Å²) in [7, 11) is 1.87. The molecular weight excluding hydrogens is 166 g/mol. The fourth-order valence-electron chi connectivity index (χ4n) is 1.08. The predicted molar refractivity (Wildman–Crippen MR) is 48.5 cm³/mol. The molecule has 0 aromatic carbocycles. The van der Waals surface area contributed by atoms with Crippen LogP contribution in [0.5, 0.6) is 0 Å². The fraction of sp³-hybridized carbons (Fsp3) is 0.250. The molecule has 2 heterocycles. The van der Waals surface area contributed by atoms with Gasteiger partial charge < -0.3 is 5.43 Å². The van der Waals surface area contributed by atoms with E-state index in [0.717, 1.165) is 5.82 Å². The minimum absolute atomic E-state index is 0.672. The molecule has 0 amide bonds. The molecule has 68 valence electrons. The van der Waals surface area contributed by atoms with Gasteiger partial charge in [0.25, 0.3) is 0 Å². The van der Waals surface area contributed by atoms with Gasteiger partial charge in [0, 0.05) is 19.4 Å². The highest BCUT2D eigenvalue weighted by molar-refractivity contribution is 4.95. The summed E-state index contributed by atoms with van der Waals surface area (Å²) in [4.78, 5) is 4.09. The van der Waals surface area contributed by atoms with E-state index in [1.54, 1.807) is 11.0 Å². The van der Waals surface area contributed by atoms with Crippen LogP contribution in [-0.4, -0.2) is 19.4 Å². The molecular formula is C8H11N5. The summed E-state index contributed by atoms with van der Waals surface area (Å²) < 4.78 is 3.63. The van der Waals surface area contributed by atoms with Crippen LogP contribution in [0.3, 0.4) is 0 Å².